The van der Waals surface area contributed by atoms with E-state index in [-0.39, 0.29) is 10.8 Å². The monoisotopic (exact) mass is 312 g/mol. The molecule has 1 aromatic carbocycles. The fourth-order valence-corrected chi connectivity index (χ4v) is 3.15. The minimum Gasteiger partial charge on any atom is -0.311 e. The standard InChI is InChI=1S/C15H18ClFN2S/c1-19(2)14(15-4-3-7-20-15)10-18-9-11-5-6-13(17)12(16)8-11/h3-8,14,18H,9-10H2,1-2H3. The van der Waals surface area contributed by atoms with Crippen LogP contribution >= 0.6 is 22.9 Å². The third kappa shape index (κ3) is 4.03. The van der Waals surface area contributed by atoms with Crippen molar-refractivity contribution in [2.75, 3.05) is 20.6 Å². The molecule has 1 N–H and O–H groups in total. The number of thiophene rings is 1. The maximum Gasteiger partial charge on any atom is 0.141 e. The molecule has 2 rings (SSSR count). The largest absolute Gasteiger partial charge is 0.311 e. The normalized spacial score (nSPS) is 12.8. The van der Waals surface area contributed by atoms with Crippen LogP contribution in [-0.2, 0) is 6.54 Å². The van der Waals surface area contributed by atoms with E-state index < -0.39 is 0 Å². The smallest absolute Gasteiger partial charge is 0.141 e. The van der Waals surface area contributed by atoms with E-state index in [1.807, 2.05) is 0 Å². The van der Waals surface area contributed by atoms with Crippen LogP contribution in [0.3, 0.4) is 0 Å². The second kappa shape index (κ2) is 7.18. The highest BCUT2D eigenvalue weighted by molar-refractivity contribution is 7.10. The zero-order valence-electron chi connectivity index (χ0n) is 11.6. The van der Waals surface area contributed by atoms with Crippen LogP contribution < -0.4 is 5.32 Å². The van der Waals surface area contributed by atoms with Crippen LogP contribution in [0.2, 0.25) is 5.02 Å². The Morgan fingerprint density at radius 1 is 1.35 bits per heavy atom. The number of halogens is 2. The zero-order chi connectivity index (χ0) is 14.5. The molecular weight excluding hydrogens is 295 g/mol. The van der Waals surface area contributed by atoms with E-state index in [0.29, 0.717) is 12.6 Å². The van der Waals surface area contributed by atoms with Gasteiger partial charge in [-0.25, -0.2) is 4.39 Å². The molecule has 0 saturated carbocycles. The van der Waals surface area contributed by atoms with Crippen molar-refractivity contribution in [1.29, 1.82) is 0 Å². The van der Waals surface area contributed by atoms with E-state index in [0.717, 1.165) is 12.1 Å². The van der Waals surface area contributed by atoms with Gasteiger partial charge in [0, 0.05) is 18.0 Å². The number of hydrogen-bond donors (Lipinski definition) is 1. The molecule has 0 spiro atoms. The lowest BCUT2D eigenvalue weighted by molar-refractivity contribution is 0.292. The van der Waals surface area contributed by atoms with Crippen molar-refractivity contribution < 1.29 is 4.39 Å². The third-order valence-electron chi connectivity index (χ3n) is 3.15. The first kappa shape index (κ1) is 15.4. The molecule has 0 aliphatic rings. The molecule has 1 heterocycles. The van der Waals surface area contributed by atoms with E-state index in [1.165, 1.54) is 10.9 Å². The molecule has 0 bridgehead atoms. The first-order valence-electron chi connectivity index (χ1n) is 6.42. The molecular formula is C15H18ClFN2S. The van der Waals surface area contributed by atoms with Gasteiger partial charge in [0.05, 0.1) is 11.1 Å². The average Bonchev–Trinajstić information content (AvgIpc) is 2.92. The van der Waals surface area contributed by atoms with Crippen LogP contribution in [0.4, 0.5) is 4.39 Å². The minimum atomic E-state index is -0.375. The van der Waals surface area contributed by atoms with Crippen molar-refractivity contribution in [3.05, 3.63) is 57.0 Å². The predicted octanol–water partition coefficient (Wildman–Crippen LogP) is 3.93. The molecule has 0 radical (unpaired) electrons. The Bertz CT molecular complexity index is 543. The molecule has 20 heavy (non-hydrogen) atoms. The van der Waals surface area contributed by atoms with Gasteiger partial charge in [0.15, 0.2) is 0 Å². The lowest BCUT2D eigenvalue weighted by atomic mass is 10.2. The number of likely N-dealkylation sites (N-methyl/N-ethyl adjacent to an activating group) is 1. The summed E-state index contributed by atoms with van der Waals surface area (Å²) in [4.78, 5) is 3.52. The summed E-state index contributed by atoms with van der Waals surface area (Å²) in [7, 11) is 4.14. The number of nitrogens with zero attached hydrogens (tertiary/aromatic N) is 1. The highest BCUT2D eigenvalue weighted by Gasteiger charge is 2.14. The summed E-state index contributed by atoms with van der Waals surface area (Å²) >= 11 is 7.54. The summed E-state index contributed by atoms with van der Waals surface area (Å²) in [6, 6.07) is 9.37. The molecule has 0 amide bonds. The number of benzene rings is 1. The SMILES string of the molecule is CN(C)C(CNCc1ccc(F)c(Cl)c1)c1cccs1. The lowest BCUT2D eigenvalue weighted by Crippen LogP contribution is -2.30. The molecule has 0 saturated heterocycles. The average molecular weight is 313 g/mol. The van der Waals surface area contributed by atoms with Gasteiger partial charge in [0.1, 0.15) is 5.82 Å². The molecule has 1 atom stereocenters. The van der Waals surface area contributed by atoms with E-state index in [2.05, 4.69) is 41.8 Å². The van der Waals surface area contributed by atoms with Crippen LogP contribution in [0.5, 0.6) is 0 Å². The van der Waals surface area contributed by atoms with Crippen molar-refractivity contribution >= 4 is 22.9 Å². The zero-order valence-corrected chi connectivity index (χ0v) is 13.1. The lowest BCUT2D eigenvalue weighted by Gasteiger charge is -2.23. The maximum absolute atomic E-state index is 13.1. The van der Waals surface area contributed by atoms with Gasteiger partial charge in [-0.1, -0.05) is 23.7 Å². The summed E-state index contributed by atoms with van der Waals surface area (Å²) in [6.07, 6.45) is 0. The second-order valence-corrected chi connectivity index (χ2v) is 6.26. The van der Waals surface area contributed by atoms with E-state index >= 15 is 0 Å². The Morgan fingerprint density at radius 3 is 2.75 bits per heavy atom. The van der Waals surface area contributed by atoms with Crippen molar-refractivity contribution in [3.8, 4) is 0 Å². The molecule has 5 heteroatoms. The first-order valence-corrected chi connectivity index (χ1v) is 7.68. The second-order valence-electron chi connectivity index (χ2n) is 4.87. The van der Waals surface area contributed by atoms with Crippen molar-refractivity contribution in [1.82, 2.24) is 10.2 Å². The van der Waals surface area contributed by atoms with Crippen LogP contribution in [0.25, 0.3) is 0 Å². The Labute approximate surface area is 128 Å². The van der Waals surface area contributed by atoms with Crippen molar-refractivity contribution in [2.24, 2.45) is 0 Å². The summed E-state index contributed by atoms with van der Waals surface area (Å²) < 4.78 is 13.1. The van der Waals surface area contributed by atoms with Gasteiger partial charge in [-0.15, -0.1) is 11.3 Å². The molecule has 108 valence electrons. The Morgan fingerprint density at radius 2 is 2.15 bits per heavy atom. The number of nitrogens with one attached hydrogen (secondary N) is 1. The third-order valence-corrected chi connectivity index (χ3v) is 4.41. The Hall–Kier alpha value is -0.940. The van der Waals surface area contributed by atoms with E-state index in [1.54, 1.807) is 23.5 Å². The highest BCUT2D eigenvalue weighted by Crippen LogP contribution is 2.22. The fraction of sp³-hybridized carbons (Fsp3) is 0.333. The fourth-order valence-electron chi connectivity index (χ4n) is 2.02. The van der Waals surface area contributed by atoms with E-state index in [4.69, 9.17) is 11.6 Å². The molecule has 1 unspecified atom stereocenters. The molecule has 0 aliphatic heterocycles. The van der Waals surface area contributed by atoms with Crippen molar-refractivity contribution in [2.45, 2.75) is 12.6 Å². The highest BCUT2D eigenvalue weighted by atomic mass is 35.5. The molecule has 0 aliphatic carbocycles. The summed E-state index contributed by atoms with van der Waals surface area (Å²) in [5.74, 6) is -0.375. The maximum atomic E-state index is 13.1. The van der Waals surface area contributed by atoms with Gasteiger partial charge >= 0.3 is 0 Å². The number of rotatable bonds is 6. The van der Waals surface area contributed by atoms with Gasteiger partial charge in [0.2, 0.25) is 0 Å². The van der Waals surface area contributed by atoms with Crippen LogP contribution in [-0.4, -0.2) is 25.5 Å². The van der Waals surface area contributed by atoms with Crippen LogP contribution in [0, 0.1) is 5.82 Å². The summed E-state index contributed by atoms with van der Waals surface area (Å²) in [6.45, 7) is 1.51. The van der Waals surface area contributed by atoms with Crippen LogP contribution in [0.15, 0.2) is 35.7 Å². The minimum absolute atomic E-state index is 0.173. The van der Waals surface area contributed by atoms with Gasteiger partial charge in [-0.05, 0) is 43.2 Å². The van der Waals surface area contributed by atoms with Crippen LogP contribution in [0.1, 0.15) is 16.5 Å². The summed E-state index contributed by atoms with van der Waals surface area (Å²) in [5.41, 5.74) is 0.986. The molecule has 1 aromatic heterocycles. The summed E-state index contributed by atoms with van der Waals surface area (Å²) in [5, 5.41) is 5.66. The predicted molar refractivity (Wildman–Crippen MR) is 83.9 cm³/mol. The van der Waals surface area contributed by atoms with Crippen molar-refractivity contribution in [3.63, 3.8) is 0 Å². The van der Waals surface area contributed by atoms with Gasteiger partial charge in [-0.2, -0.15) is 0 Å². The topological polar surface area (TPSA) is 15.3 Å². The molecule has 2 aromatic rings. The Kier molecular flexibility index (Phi) is 5.54. The molecule has 0 fully saturated rings. The van der Waals surface area contributed by atoms with Gasteiger partial charge in [0.25, 0.3) is 0 Å². The Balaban J connectivity index is 1.92. The number of hydrogen-bond acceptors (Lipinski definition) is 3. The molecule has 2 nitrogen and oxygen atoms in total. The first-order chi connectivity index (χ1) is 9.58. The quantitative estimate of drug-likeness (QED) is 0.869. The van der Waals surface area contributed by atoms with E-state index in [9.17, 15) is 4.39 Å². The van der Waals surface area contributed by atoms with Gasteiger partial charge in [-0.3, -0.25) is 0 Å². The van der Waals surface area contributed by atoms with Gasteiger partial charge < -0.3 is 10.2 Å².